The van der Waals surface area contributed by atoms with Crippen LogP contribution in [0.25, 0.3) is 11.3 Å². The molecule has 1 saturated heterocycles. The zero-order valence-corrected chi connectivity index (χ0v) is 22.4. The van der Waals surface area contributed by atoms with Gasteiger partial charge in [0.2, 0.25) is 0 Å². The third-order valence-corrected chi connectivity index (χ3v) is 9.23. The van der Waals surface area contributed by atoms with Gasteiger partial charge >= 0.3 is 5.97 Å². The van der Waals surface area contributed by atoms with Crippen molar-refractivity contribution in [3.8, 4) is 11.3 Å². The van der Waals surface area contributed by atoms with Crippen LogP contribution < -0.4 is 4.90 Å². The van der Waals surface area contributed by atoms with E-state index in [1.54, 1.807) is 0 Å². The summed E-state index contributed by atoms with van der Waals surface area (Å²) < 4.78 is 12.3. The lowest BCUT2D eigenvalue weighted by Gasteiger charge is -2.23. The minimum Gasteiger partial charge on any atom is -0.478 e. The molecule has 3 heterocycles. The molecule has 0 bridgehead atoms. The molecule has 7 rings (SSSR count). The Labute approximate surface area is 231 Å². The highest BCUT2D eigenvalue weighted by molar-refractivity contribution is 6.39. The summed E-state index contributed by atoms with van der Waals surface area (Å²) >= 11 is 13.0. The number of hydrogen-bond donors (Lipinski definition) is 1. The van der Waals surface area contributed by atoms with Crippen LogP contribution in [0.4, 0.5) is 5.82 Å². The molecule has 0 radical (unpaired) electrons. The summed E-state index contributed by atoms with van der Waals surface area (Å²) in [5, 5.41) is 14.9. The fraction of sp³-hybridized carbons (Fsp3) is 0.483. The lowest BCUT2D eigenvalue weighted by atomic mass is 10.0. The lowest BCUT2D eigenvalue weighted by molar-refractivity contribution is 0.0402. The average molecular weight is 554 g/mol. The number of hydrogen-bond acceptors (Lipinski definition) is 6. The third kappa shape index (κ3) is 4.48. The zero-order valence-electron chi connectivity index (χ0n) is 20.9. The first kappa shape index (κ1) is 24.4. The normalized spacial score (nSPS) is 24.7. The van der Waals surface area contributed by atoms with Crippen LogP contribution in [0.1, 0.15) is 77.6 Å². The summed E-state index contributed by atoms with van der Waals surface area (Å²) in [5.74, 6) is 2.88. The summed E-state index contributed by atoms with van der Waals surface area (Å²) in [6, 6.07) is 7.31. The molecule has 3 saturated carbocycles. The Morgan fingerprint density at radius 3 is 2.39 bits per heavy atom. The van der Waals surface area contributed by atoms with Crippen LogP contribution in [0.15, 0.2) is 35.0 Å². The van der Waals surface area contributed by atoms with Gasteiger partial charge < -0.3 is 19.3 Å². The van der Waals surface area contributed by atoms with Crippen molar-refractivity contribution in [1.82, 2.24) is 10.1 Å². The summed E-state index contributed by atoms with van der Waals surface area (Å²) in [4.78, 5) is 18.5. The van der Waals surface area contributed by atoms with Gasteiger partial charge in [-0.25, -0.2) is 9.78 Å². The Kier molecular flexibility index (Phi) is 6.13. The number of anilines is 1. The molecular weight excluding hydrogens is 525 g/mol. The highest BCUT2D eigenvalue weighted by Gasteiger charge is 2.43. The second-order valence-electron chi connectivity index (χ2n) is 11.3. The van der Waals surface area contributed by atoms with Crippen molar-refractivity contribution in [1.29, 1.82) is 0 Å². The number of carbonyl (C=O) groups is 1. The number of carboxylic acids is 1. The van der Waals surface area contributed by atoms with E-state index < -0.39 is 5.97 Å². The number of benzene rings is 1. The molecule has 3 aliphatic carbocycles. The number of fused-ring (bicyclic) bond motifs is 1. The smallest absolute Gasteiger partial charge is 0.337 e. The molecule has 3 atom stereocenters. The largest absolute Gasteiger partial charge is 0.478 e. The quantitative estimate of drug-likeness (QED) is 0.323. The second kappa shape index (κ2) is 9.54. The van der Waals surface area contributed by atoms with E-state index in [9.17, 15) is 9.90 Å². The van der Waals surface area contributed by atoms with Gasteiger partial charge in [-0.2, -0.15) is 0 Å². The monoisotopic (exact) mass is 553 g/mol. The van der Waals surface area contributed by atoms with Gasteiger partial charge in [-0.15, -0.1) is 0 Å². The van der Waals surface area contributed by atoms with E-state index in [4.69, 9.17) is 32.5 Å². The molecule has 4 fully saturated rings. The van der Waals surface area contributed by atoms with E-state index in [-0.39, 0.29) is 11.7 Å². The van der Waals surface area contributed by atoms with Gasteiger partial charge in [-0.1, -0.05) is 34.4 Å². The average Bonchev–Trinajstić information content (AvgIpc) is 3.81. The summed E-state index contributed by atoms with van der Waals surface area (Å²) in [7, 11) is 0. The molecule has 1 aliphatic heterocycles. The first-order valence-electron chi connectivity index (χ1n) is 13.5. The number of nitrogens with zero attached hydrogens (tertiary/aromatic N) is 3. The Morgan fingerprint density at radius 2 is 1.76 bits per heavy atom. The SMILES string of the molecule is O=C(O)c1cnc(N2C[C@H]3CC(OCc4c(-c5c(Cl)cccc5Cl)noc4C4CC4)C[C@H]3C2)c(C2CC2)c1. The number of ether oxygens (including phenoxy) is 1. The Morgan fingerprint density at radius 1 is 1.08 bits per heavy atom. The van der Waals surface area contributed by atoms with Crippen LogP contribution in [0.3, 0.4) is 0 Å². The number of pyridine rings is 1. The van der Waals surface area contributed by atoms with E-state index in [2.05, 4.69) is 15.0 Å². The van der Waals surface area contributed by atoms with Crippen molar-refractivity contribution in [2.45, 2.75) is 63.1 Å². The summed E-state index contributed by atoms with van der Waals surface area (Å²) in [6.07, 6.45) is 8.11. The Balaban J connectivity index is 1.04. The van der Waals surface area contributed by atoms with E-state index in [0.29, 0.717) is 51.6 Å². The molecule has 0 spiro atoms. The summed E-state index contributed by atoms with van der Waals surface area (Å²) in [6.45, 7) is 2.31. The van der Waals surface area contributed by atoms with Crippen LogP contribution in [0, 0.1) is 11.8 Å². The zero-order chi connectivity index (χ0) is 26.0. The Hall–Kier alpha value is -2.61. The molecule has 38 heavy (non-hydrogen) atoms. The predicted octanol–water partition coefficient (Wildman–Crippen LogP) is 6.93. The van der Waals surface area contributed by atoms with Crippen molar-refractivity contribution < 1.29 is 19.2 Å². The second-order valence-corrected chi connectivity index (χ2v) is 12.1. The summed E-state index contributed by atoms with van der Waals surface area (Å²) in [5.41, 5.74) is 3.74. The highest BCUT2D eigenvalue weighted by Crippen LogP contribution is 2.49. The van der Waals surface area contributed by atoms with E-state index >= 15 is 0 Å². The molecule has 1 aromatic carbocycles. The minimum absolute atomic E-state index is 0.175. The standard InChI is InChI=1S/C29H29Cl2N3O4/c30-23-2-1-3-24(31)25(23)26-22(27(38-33-26)16-6-7-16)14-37-20-8-18-12-34(13-19(18)9-20)28-21(15-4-5-15)10-17(11-32-28)29(35)36/h1-3,10-11,15-16,18-20H,4-9,12-14H2,(H,35,36)/t18-,19+,20?. The van der Waals surface area contributed by atoms with Crippen LogP contribution in [-0.2, 0) is 11.3 Å². The van der Waals surface area contributed by atoms with E-state index in [1.165, 1.54) is 6.20 Å². The van der Waals surface area contributed by atoms with Gasteiger partial charge in [0, 0.05) is 36.3 Å². The first-order chi connectivity index (χ1) is 18.5. The fourth-order valence-electron chi connectivity index (χ4n) is 6.35. The maximum atomic E-state index is 11.5. The van der Waals surface area contributed by atoms with Gasteiger partial charge in [-0.05, 0) is 80.0 Å². The molecule has 3 aromatic rings. The van der Waals surface area contributed by atoms with Gasteiger partial charge in [0.1, 0.15) is 17.3 Å². The number of aromatic nitrogens is 2. The maximum Gasteiger partial charge on any atom is 0.337 e. The van der Waals surface area contributed by atoms with Crippen molar-refractivity contribution in [2.75, 3.05) is 18.0 Å². The molecule has 9 heteroatoms. The first-order valence-corrected chi connectivity index (χ1v) is 14.2. The maximum absolute atomic E-state index is 11.5. The molecule has 4 aliphatic rings. The molecule has 198 valence electrons. The highest BCUT2D eigenvalue weighted by atomic mass is 35.5. The van der Waals surface area contributed by atoms with E-state index in [1.807, 2.05) is 24.3 Å². The molecule has 0 amide bonds. The number of aromatic carboxylic acids is 1. The fourth-order valence-corrected chi connectivity index (χ4v) is 6.93. The third-order valence-electron chi connectivity index (χ3n) is 8.60. The minimum atomic E-state index is -0.915. The predicted molar refractivity (Wildman–Crippen MR) is 144 cm³/mol. The van der Waals surface area contributed by atoms with E-state index in [0.717, 1.165) is 74.3 Å². The Bertz CT molecular complexity index is 1370. The molecular formula is C29H29Cl2N3O4. The van der Waals surface area contributed by atoms with Gasteiger partial charge in [-0.3, -0.25) is 0 Å². The van der Waals surface area contributed by atoms with Crippen molar-refractivity contribution in [3.05, 3.63) is 63.0 Å². The lowest BCUT2D eigenvalue weighted by Crippen LogP contribution is -2.25. The number of halogens is 2. The van der Waals surface area contributed by atoms with Crippen LogP contribution in [0.2, 0.25) is 10.0 Å². The van der Waals surface area contributed by atoms with Crippen LogP contribution >= 0.6 is 23.2 Å². The van der Waals surface area contributed by atoms with Gasteiger partial charge in [0.15, 0.2) is 0 Å². The number of carboxylic acid groups (broad SMARTS) is 1. The number of rotatable bonds is 8. The molecule has 2 aromatic heterocycles. The molecule has 1 unspecified atom stereocenters. The van der Waals surface area contributed by atoms with Gasteiger partial charge in [0.25, 0.3) is 0 Å². The molecule has 7 nitrogen and oxygen atoms in total. The van der Waals surface area contributed by atoms with Gasteiger partial charge in [0.05, 0.1) is 28.3 Å². The van der Waals surface area contributed by atoms with Crippen molar-refractivity contribution >= 4 is 35.0 Å². The molecule has 1 N–H and O–H groups in total. The topological polar surface area (TPSA) is 88.7 Å². The van der Waals surface area contributed by atoms with Crippen LogP contribution in [-0.4, -0.2) is 40.4 Å². The van der Waals surface area contributed by atoms with Crippen molar-refractivity contribution in [2.24, 2.45) is 11.8 Å². The van der Waals surface area contributed by atoms with Crippen LogP contribution in [0.5, 0.6) is 0 Å². The van der Waals surface area contributed by atoms with Crippen molar-refractivity contribution in [3.63, 3.8) is 0 Å².